The summed E-state index contributed by atoms with van der Waals surface area (Å²) < 4.78 is 6.01. The average Bonchev–Trinajstić information content (AvgIpc) is 2.88. The van der Waals surface area contributed by atoms with Crippen LogP contribution in [0.2, 0.25) is 0 Å². The van der Waals surface area contributed by atoms with Gasteiger partial charge in [-0.3, -0.25) is 4.99 Å². The van der Waals surface area contributed by atoms with Crippen LogP contribution >= 0.6 is 24.0 Å². The highest BCUT2D eigenvalue weighted by atomic mass is 127. The highest BCUT2D eigenvalue weighted by molar-refractivity contribution is 14.0. The van der Waals surface area contributed by atoms with Crippen molar-refractivity contribution in [3.63, 3.8) is 0 Å². The Bertz CT molecular complexity index is 644. The molecule has 1 fully saturated rings. The molecule has 1 aliphatic carbocycles. The molecule has 0 bridgehead atoms. The van der Waals surface area contributed by atoms with Crippen LogP contribution < -0.4 is 10.6 Å². The van der Waals surface area contributed by atoms with Crippen LogP contribution in [0.1, 0.15) is 44.2 Å². The first kappa shape index (κ1) is 21.0. The van der Waals surface area contributed by atoms with E-state index in [-0.39, 0.29) is 24.0 Å². The molecular weight excluding hydrogens is 439 g/mol. The Balaban J connectivity index is 0.00000243. The third-order valence-electron chi connectivity index (χ3n) is 4.81. The molecule has 3 rings (SSSR count). The van der Waals surface area contributed by atoms with Gasteiger partial charge in [0.2, 0.25) is 0 Å². The number of H-pyrrole nitrogens is 1. The summed E-state index contributed by atoms with van der Waals surface area (Å²) in [5.74, 6) is 0.808. The molecule has 1 aromatic heterocycles. The molecule has 1 heterocycles. The maximum absolute atomic E-state index is 6.01. The average molecular weight is 470 g/mol. The van der Waals surface area contributed by atoms with Crippen LogP contribution in [0, 0.1) is 0 Å². The van der Waals surface area contributed by atoms with E-state index in [1.807, 2.05) is 6.07 Å². The zero-order valence-electron chi connectivity index (χ0n) is 15.6. The summed E-state index contributed by atoms with van der Waals surface area (Å²) in [6, 6.07) is 10.5. The summed E-state index contributed by atoms with van der Waals surface area (Å²) in [6.07, 6.45) is 8.23. The van der Waals surface area contributed by atoms with Crippen LogP contribution in [0.5, 0.6) is 0 Å². The van der Waals surface area contributed by atoms with E-state index in [9.17, 15) is 0 Å². The zero-order chi connectivity index (χ0) is 17.3. The van der Waals surface area contributed by atoms with Crippen molar-refractivity contribution in [3.05, 3.63) is 36.0 Å². The fourth-order valence-electron chi connectivity index (χ4n) is 3.43. The van der Waals surface area contributed by atoms with Gasteiger partial charge in [0.15, 0.2) is 5.96 Å². The van der Waals surface area contributed by atoms with Crippen molar-refractivity contribution >= 4 is 40.8 Å². The number of halogens is 1. The van der Waals surface area contributed by atoms with Crippen molar-refractivity contribution in [1.82, 2.24) is 15.6 Å². The topological polar surface area (TPSA) is 61.4 Å². The maximum atomic E-state index is 6.01. The molecule has 0 atom stereocenters. The van der Waals surface area contributed by atoms with Gasteiger partial charge in [-0.05, 0) is 30.4 Å². The Morgan fingerprint density at radius 3 is 2.65 bits per heavy atom. The lowest BCUT2D eigenvalue weighted by atomic mass is 10.1. The molecule has 6 heteroatoms. The first-order valence-corrected chi connectivity index (χ1v) is 9.48. The third kappa shape index (κ3) is 6.46. The highest BCUT2D eigenvalue weighted by Gasteiger charge is 2.12. The lowest BCUT2D eigenvalue weighted by Crippen LogP contribution is -2.39. The van der Waals surface area contributed by atoms with Crippen molar-refractivity contribution in [1.29, 1.82) is 0 Å². The predicted octanol–water partition coefficient (Wildman–Crippen LogP) is 4.19. The molecule has 2 aromatic rings. The number of rotatable bonds is 6. The molecule has 0 spiro atoms. The Kier molecular flexibility index (Phi) is 9.25. The van der Waals surface area contributed by atoms with Gasteiger partial charge < -0.3 is 20.4 Å². The first-order valence-electron chi connectivity index (χ1n) is 9.48. The Morgan fingerprint density at radius 2 is 1.92 bits per heavy atom. The summed E-state index contributed by atoms with van der Waals surface area (Å²) in [6.45, 7) is 2.23. The van der Waals surface area contributed by atoms with E-state index in [1.165, 1.54) is 49.4 Å². The van der Waals surface area contributed by atoms with Gasteiger partial charge in [0, 0.05) is 24.8 Å². The van der Waals surface area contributed by atoms with Crippen molar-refractivity contribution in [3.8, 4) is 0 Å². The van der Waals surface area contributed by atoms with Gasteiger partial charge in [0.1, 0.15) is 0 Å². The van der Waals surface area contributed by atoms with Gasteiger partial charge in [-0.1, -0.05) is 43.9 Å². The summed E-state index contributed by atoms with van der Waals surface area (Å²) in [5.41, 5.74) is 2.32. The van der Waals surface area contributed by atoms with Gasteiger partial charge in [0.05, 0.1) is 19.3 Å². The number of guanidine groups is 1. The smallest absolute Gasteiger partial charge is 0.191 e. The molecular formula is C20H31IN4O. The number of para-hydroxylation sites is 1. The molecule has 0 saturated heterocycles. The molecule has 1 aromatic carbocycles. The minimum absolute atomic E-state index is 0. The van der Waals surface area contributed by atoms with E-state index in [1.54, 1.807) is 7.05 Å². The minimum Gasteiger partial charge on any atom is -0.376 e. The SMILES string of the molecule is CN=C(NCCOC1CCCCCC1)NCc1cc2ccccc2[nH]1.I. The Morgan fingerprint density at radius 1 is 1.15 bits per heavy atom. The van der Waals surface area contributed by atoms with Crippen molar-refractivity contribution in [2.75, 3.05) is 20.2 Å². The van der Waals surface area contributed by atoms with Crippen molar-refractivity contribution in [2.24, 2.45) is 4.99 Å². The number of aromatic nitrogens is 1. The molecule has 26 heavy (non-hydrogen) atoms. The number of nitrogens with one attached hydrogen (secondary N) is 3. The summed E-state index contributed by atoms with van der Waals surface area (Å²) in [5, 5.41) is 7.91. The van der Waals surface area contributed by atoms with Crippen LogP contribution in [-0.4, -0.2) is 37.2 Å². The van der Waals surface area contributed by atoms with Gasteiger partial charge in [-0.25, -0.2) is 0 Å². The standard InChI is InChI=1S/C20H30N4O.HI/c1-21-20(22-12-13-25-18-9-4-2-3-5-10-18)23-15-17-14-16-8-6-7-11-19(16)24-17;/h6-8,11,14,18,24H,2-5,9-10,12-13,15H2,1H3,(H2,21,22,23);1H. The number of nitrogens with zero attached hydrogens (tertiary/aromatic N) is 1. The van der Waals surface area contributed by atoms with Crippen molar-refractivity contribution < 1.29 is 4.74 Å². The molecule has 0 amide bonds. The fourth-order valence-corrected chi connectivity index (χ4v) is 3.43. The van der Waals surface area contributed by atoms with E-state index in [0.29, 0.717) is 6.10 Å². The number of ether oxygens (including phenoxy) is 1. The highest BCUT2D eigenvalue weighted by Crippen LogP contribution is 2.19. The third-order valence-corrected chi connectivity index (χ3v) is 4.81. The predicted molar refractivity (Wildman–Crippen MR) is 119 cm³/mol. The Labute approximate surface area is 173 Å². The van der Waals surface area contributed by atoms with Gasteiger partial charge in [-0.2, -0.15) is 0 Å². The van der Waals surface area contributed by atoms with E-state index >= 15 is 0 Å². The lowest BCUT2D eigenvalue weighted by molar-refractivity contribution is 0.0468. The molecule has 3 N–H and O–H groups in total. The largest absolute Gasteiger partial charge is 0.376 e. The number of benzene rings is 1. The molecule has 0 unspecified atom stereocenters. The van der Waals surface area contributed by atoms with Crippen LogP contribution in [-0.2, 0) is 11.3 Å². The van der Waals surface area contributed by atoms with E-state index in [4.69, 9.17) is 4.74 Å². The second-order valence-electron chi connectivity index (χ2n) is 6.72. The van der Waals surface area contributed by atoms with E-state index < -0.39 is 0 Å². The molecule has 1 aliphatic rings. The minimum atomic E-state index is 0. The summed E-state index contributed by atoms with van der Waals surface area (Å²) in [7, 11) is 1.80. The molecule has 144 valence electrons. The number of hydrogen-bond donors (Lipinski definition) is 3. The second kappa shape index (κ2) is 11.4. The fraction of sp³-hybridized carbons (Fsp3) is 0.550. The maximum Gasteiger partial charge on any atom is 0.191 e. The normalized spacial score (nSPS) is 16.1. The zero-order valence-corrected chi connectivity index (χ0v) is 17.9. The first-order chi connectivity index (χ1) is 12.3. The molecule has 0 radical (unpaired) electrons. The van der Waals surface area contributed by atoms with Crippen LogP contribution in [0.25, 0.3) is 10.9 Å². The number of aliphatic imine (C=N–C) groups is 1. The molecule has 5 nitrogen and oxygen atoms in total. The van der Waals surface area contributed by atoms with Crippen LogP contribution in [0.4, 0.5) is 0 Å². The second-order valence-corrected chi connectivity index (χ2v) is 6.72. The Hall–Kier alpha value is -1.28. The van der Waals surface area contributed by atoms with E-state index in [2.05, 4.69) is 44.9 Å². The summed E-state index contributed by atoms with van der Waals surface area (Å²) >= 11 is 0. The molecule has 1 saturated carbocycles. The number of hydrogen-bond acceptors (Lipinski definition) is 2. The van der Waals surface area contributed by atoms with Gasteiger partial charge in [0.25, 0.3) is 0 Å². The summed E-state index contributed by atoms with van der Waals surface area (Å²) in [4.78, 5) is 7.70. The number of aromatic amines is 1. The van der Waals surface area contributed by atoms with Crippen LogP contribution in [0.3, 0.4) is 0 Å². The molecule has 0 aliphatic heterocycles. The van der Waals surface area contributed by atoms with Crippen molar-refractivity contribution in [2.45, 2.75) is 51.2 Å². The number of fused-ring (bicyclic) bond motifs is 1. The van der Waals surface area contributed by atoms with Gasteiger partial charge >= 0.3 is 0 Å². The van der Waals surface area contributed by atoms with Gasteiger partial charge in [-0.15, -0.1) is 24.0 Å². The van der Waals surface area contributed by atoms with Crippen LogP contribution in [0.15, 0.2) is 35.3 Å². The van der Waals surface area contributed by atoms with E-state index in [0.717, 1.165) is 31.3 Å². The lowest BCUT2D eigenvalue weighted by Gasteiger charge is -2.16. The monoisotopic (exact) mass is 470 g/mol. The quantitative estimate of drug-likeness (QED) is 0.195.